The molecule has 0 saturated heterocycles. The maximum atomic E-state index is 12.4. The Morgan fingerprint density at radius 3 is 2.70 bits per heavy atom. The van der Waals surface area contributed by atoms with E-state index in [-0.39, 0.29) is 5.97 Å². The van der Waals surface area contributed by atoms with Gasteiger partial charge in [0.2, 0.25) is 0 Å². The van der Waals surface area contributed by atoms with Crippen molar-refractivity contribution in [3.05, 3.63) is 59.1 Å². The molecule has 142 valence electrons. The first-order chi connectivity index (χ1) is 13.1. The van der Waals surface area contributed by atoms with E-state index >= 15 is 0 Å². The van der Waals surface area contributed by atoms with Gasteiger partial charge in [-0.3, -0.25) is 4.79 Å². The molecule has 0 aliphatic carbocycles. The van der Waals surface area contributed by atoms with Gasteiger partial charge in [0.15, 0.2) is 5.16 Å². The Morgan fingerprint density at radius 1 is 1.22 bits per heavy atom. The molecule has 7 heteroatoms. The third kappa shape index (κ3) is 4.83. The molecule has 0 aliphatic rings. The second kappa shape index (κ2) is 9.26. The van der Waals surface area contributed by atoms with Crippen LogP contribution in [0.4, 0.5) is 0 Å². The number of hydrogen-bond donors (Lipinski definition) is 0. The van der Waals surface area contributed by atoms with E-state index in [9.17, 15) is 4.79 Å². The fraction of sp³-hybridized carbons (Fsp3) is 0.300. The van der Waals surface area contributed by atoms with E-state index < -0.39 is 5.25 Å². The number of hydrogen-bond acceptors (Lipinski definition) is 5. The minimum absolute atomic E-state index is 0.271. The summed E-state index contributed by atoms with van der Waals surface area (Å²) in [6, 6.07) is 15.5. The topological polar surface area (TPSA) is 53.4 Å². The molecule has 0 radical (unpaired) electrons. The van der Waals surface area contributed by atoms with Crippen molar-refractivity contribution in [2.24, 2.45) is 0 Å². The van der Waals surface area contributed by atoms with Crippen molar-refractivity contribution >= 4 is 40.4 Å². The van der Waals surface area contributed by atoms with Crippen LogP contribution in [0.1, 0.15) is 5.56 Å². The minimum Gasteiger partial charge on any atom is -0.468 e. The SMILES string of the molecule is COCCn1c(SC(Cc2ccccc2)C(=O)OC)nc2cc(Cl)ccc21. The highest BCUT2D eigenvalue weighted by Gasteiger charge is 2.24. The van der Waals surface area contributed by atoms with Crippen LogP contribution in [-0.2, 0) is 27.2 Å². The summed E-state index contributed by atoms with van der Waals surface area (Å²) in [4.78, 5) is 17.1. The molecule has 1 atom stereocenters. The number of halogens is 1. The van der Waals surface area contributed by atoms with E-state index in [1.54, 1.807) is 7.11 Å². The van der Waals surface area contributed by atoms with Gasteiger partial charge in [0.25, 0.3) is 0 Å². The van der Waals surface area contributed by atoms with Gasteiger partial charge < -0.3 is 14.0 Å². The Labute approximate surface area is 167 Å². The molecule has 0 aliphatic heterocycles. The summed E-state index contributed by atoms with van der Waals surface area (Å²) in [7, 11) is 3.07. The zero-order chi connectivity index (χ0) is 19.2. The number of fused-ring (bicyclic) bond motifs is 1. The zero-order valence-electron chi connectivity index (χ0n) is 15.2. The molecule has 5 nitrogen and oxygen atoms in total. The molecular weight excluding hydrogens is 384 g/mol. The van der Waals surface area contributed by atoms with Crippen LogP contribution < -0.4 is 0 Å². The van der Waals surface area contributed by atoms with Crippen LogP contribution in [0, 0.1) is 0 Å². The van der Waals surface area contributed by atoms with Crippen LogP contribution in [0.3, 0.4) is 0 Å². The van der Waals surface area contributed by atoms with E-state index in [1.807, 2.05) is 48.5 Å². The molecule has 1 heterocycles. The van der Waals surface area contributed by atoms with Crippen LogP contribution >= 0.6 is 23.4 Å². The quantitative estimate of drug-likeness (QED) is 0.415. The lowest BCUT2D eigenvalue weighted by Gasteiger charge is -2.15. The second-order valence-corrected chi connectivity index (χ2v) is 7.60. The largest absolute Gasteiger partial charge is 0.468 e. The summed E-state index contributed by atoms with van der Waals surface area (Å²) < 4.78 is 12.3. The maximum Gasteiger partial charge on any atom is 0.319 e. The summed E-state index contributed by atoms with van der Waals surface area (Å²) >= 11 is 7.52. The Hall–Kier alpha value is -2.02. The van der Waals surface area contributed by atoms with Crippen molar-refractivity contribution in [3.8, 4) is 0 Å². The number of carbonyl (C=O) groups is 1. The Bertz CT molecular complexity index is 914. The van der Waals surface area contributed by atoms with Crippen molar-refractivity contribution < 1.29 is 14.3 Å². The zero-order valence-corrected chi connectivity index (χ0v) is 16.8. The molecule has 3 rings (SSSR count). The van der Waals surface area contributed by atoms with E-state index in [4.69, 9.17) is 26.1 Å². The summed E-state index contributed by atoms with van der Waals surface area (Å²) in [5.74, 6) is -0.271. The molecule has 0 bridgehead atoms. The molecule has 2 aromatic carbocycles. The van der Waals surface area contributed by atoms with Crippen molar-refractivity contribution in [1.29, 1.82) is 0 Å². The lowest BCUT2D eigenvalue weighted by Crippen LogP contribution is -2.22. The standard InChI is InChI=1S/C20H21ClN2O3S/c1-25-11-10-23-17-9-8-15(21)13-16(17)22-20(23)27-18(19(24)26-2)12-14-6-4-3-5-7-14/h3-9,13,18H,10-12H2,1-2H3. The highest BCUT2D eigenvalue weighted by atomic mass is 35.5. The predicted octanol–water partition coefficient (Wildman–Crippen LogP) is 4.21. The summed E-state index contributed by atoms with van der Waals surface area (Å²) in [5.41, 5.74) is 2.83. The first kappa shape index (κ1) is 19.7. The molecule has 3 aromatic rings. The second-order valence-electron chi connectivity index (χ2n) is 5.99. The van der Waals surface area contributed by atoms with Gasteiger partial charge in [-0.1, -0.05) is 53.7 Å². The summed E-state index contributed by atoms with van der Waals surface area (Å²) in [5, 5.41) is 0.978. The van der Waals surface area contributed by atoms with Gasteiger partial charge in [-0.2, -0.15) is 0 Å². The fourth-order valence-electron chi connectivity index (χ4n) is 2.83. The number of esters is 1. The number of methoxy groups -OCH3 is 2. The van der Waals surface area contributed by atoms with Crippen LogP contribution in [0.25, 0.3) is 11.0 Å². The van der Waals surface area contributed by atoms with Crippen LogP contribution in [-0.4, -0.2) is 41.6 Å². The Morgan fingerprint density at radius 2 is 2.00 bits per heavy atom. The third-order valence-corrected chi connectivity index (χ3v) is 5.57. The molecule has 0 N–H and O–H groups in total. The number of carbonyl (C=O) groups excluding carboxylic acids is 1. The number of aromatic nitrogens is 2. The van der Waals surface area contributed by atoms with E-state index in [0.29, 0.717) is 24.6 Å². The number of rotatable bonds is 8. The number of ether oxygens (including phenoxy) is 2. The number of thioether (sulfide) groups is 1. The van der Waals surface area contributed by atoms with Gasteiger partial charge in [0.1, 0.15) is 5.25 Å². The molecule has 1 aromatic heterocycles. The molecule has 0 amide bonds. The number of nitrogens with zero attached hydrogens (tertiary/aromatic N) is 2. The Kier molecular flexibility index (Phi) is 6.77. The highest BCUT2D eigenvalue weighted by Crippen LogP contribution is 2.30. The predicted molar refractivity (Wildman–Crippen MR) is 108 cm³/mol. The minimum atomic E-state index is -0.397. The highest BCUT2D eigenvalue weighted by molar-refractivity contribution is 8.00. The fourth-order valence-corrected chi connectivity index (χ4v) is 4.19. The van der Waals surface area contributed by atoms with Gasteiger partial charge in [-0.05, 0) is 30.2 Å². The van der Waals surface area contributed by atoms with E-state index in [0.717, 1.165) is 21.8 Å². The molecule has 1 unspecified atom stereocenters. The third-order valence-electron chi connectivity index (χ3n) is 4.17. The monoisotopic (exact) mass is 404 g/mol. The van der Waals surface area contributed by atoms with E-state index in [2.05, 4.69) is 4.57 Å². The first-order valence-corrected chi connectivity index (χ1v) is 9.81. The van der Waals surface area contributed by atoms with Crippen LogP contribution in [0.2, 0.25) is 5.02 Å². The number of benzene rings is 2. The first-order valence-electron chi connectivity index (χ1n) is 8.55. The summed E-state index contributed by atoms with van der Waals surface area (Å²) in [6.45, 7) is 1.18. The van der Waals surface area contributed by atoms with Gasteiger partial charge in [0.05, 0.1) is 24.8 Å². The average Bonchev–Trinajstić information content (AvgIpc) is 3.02. The van der Waals surface area contributed by atoms with Gasteiger partial charge in [-0.15, -0.1) is 0 Å². The van der Waals surface area contributed by atoms with Crippen molar-refractivity contribution in [2.45, 2.75) is 23.4 Å². The molecule has 27 heavy (non-hydrogen) atoms. The Balaban J connectivity index is 1.94. The maximum absolute atomic E-state index is 12.4. The average molecular weight is 405 g/mol. The normalized spacial score (nSPS) is 12.3. The van der Waals surface area contributed by atoms with Crippen LogP contribution in [0.15, 0.2) is 53.7 Å². The van der Waals surface area contributed by atoms with E-state index in [1.165, 1.54) is 18.9 Å². The summed E-state index contributed by atoms with van der Waals surface area (Å²) in [6.07, 6.45) is 0.562. The van der Waals surface area contributed by atoms with Crippen LogP contribution in [0.5, 0.6) is 0 Å². The van der Waals surface area contributed by atoms with Gasteiger partial charge in [-0.25, -0.2) is 4.98 Å². The number of imidazole rings is 1. The molecule has 0 fully saturated rings. The van der Waals surface area contributed by atoms with Gasteiger partial charge >= 0.3 is 5.97 Å². The van der Waals surface area contributed by atoms with Crippen molar-refractivity contribution in [2.75, 3.05) is 20.8 Å². The van der Waals surface area contributed by atoms with Crippen molar-refractivity contribution in [1.82, 2.24) is 9.55 Å². The lowest BCUT2D eigenvalue weighted by atomic mass is 10.1. The molecular formula is C20H21ClN2O3S. The van der Waals surface area contributed by atoms with Gasteiger partial charge in [0, 0.05) is 18.7 Å². The molecule has 0 saturated carbocycles. The van der Waals surface area contributed by atoms with Crippen molar-refractivity contribution in [3.63, 3.8) is 0 Å². The molecule has 0 spiro atoms. The lowest BCUT2D eigenvalue weighted by molar-refractivity contribution is -0.139. The smallest absolute Gasteiger partial charge is 0.319 e.